The maximum Gasteiger partial charge on any atom is 0.345 e. The molecule has 6 heteroatoms. The number of aryl methyl sites for hydroxylation is 2. The van der Waals surface area contributed by atoms with Crippen LogP contribution in [0.3, 0.4) is 0 Å². The summed E-state index contributed by atoms with van der Waals surface area (Å²) in [5.41, 5.74) is 1.52. The molecule has 1 aromatic rings. The van der Waals surface area contributed by atoms with E-state index in [0.29, 0.717) is 11.4 Å². The first-order chi connectivity index (χ1) is 8.81. The molecule has 3 N–H and O–H groups in total. The minimum absolute atomic E-state index is 0.0959. The highest BCUT2D eigenvalue weighted by Gasteiger charge is 2.13. The number of H-pyrrole nitrogens is 1. The van der Waals surface area contributed by atoms with Gasteiger partial charge in [-0.05, 0) is 19.8 Å². The second-order valence-electron chi connectivity index (χ2n) is 5.02. The molecular weight excluding hydrogens is 246 g/mol. The zero-order valence-corrected chi connectivity index (χ0v) is 11.8. The summed E-state index contributed by atoms with van der Waals surface area (Å²) in [6.45, 7) is 7.44. The molecule has 0 spiro atoms. The molecular formula is C13H21N3O3. The Morgan fingerprint density at radius 3 is 2.58 bits per heavy atom. The Kier molecular flexibility index (Phi) is 5.23. The number of aromatic nitrogens is 2. The first-order valence-electron chi connectivity index (χ1n) is 6.32. The van der Waals surface area contributed by atoms with Crippen molar-refractivity contribution in [3.05, 3.63) is 27.4 Å². The Morgan fingerprint density at radius 2 is 2.05 bits per heavy atom. The summed E-state index contributed by atoms with van der Waals surface area (Å²) < 4.78 is 0. The molecule has 1 atom stereocenters. The van der Waals surface area contributed by atoms with Crippen molar-refractivity contribution in [2.45, 2.75) is 40.2 Å². The first-order valence-corrected chi connectivity index (χ1v) is 6.32. The van der Waals surface area contributed by atoms with E-state index in [9.17, 15) is 14.7 Å². The smallest absolute Gasteiger partial charge is 0.345 e. The monoisotopic (exact) mass is 267 g/mol. The number of aliphatic hydroxyl groups excluding tert-OH is 1. The standard InChI is InChI=1S/C13H21N3O3/c1-7(2)11(17)6-14-12(18)5-10-8(3)15-13(19)16-9(10)4/h7,11,17H,5-6H2,1-4H3,(H,14,18)(H,15,16,19). The van der Waals surface area contributed by atoms with E-state index in [-0.39, 0.29) is 24.8 Å². The van der Waals surface area contributed by atoms with Crippen LogP contribution in [-0.2, 0) is 11.2 Å². The van der Waals surface area contributed by atoms with Gasteiger partial charge in [-0.15, -0.1) is 0 Å². The number of carbonyl (C=O) groups excluding carboxylic acids is 1. The topological polar surface area (TPSA) is 95.1 Å². The van der Waals surface area contributed by atoms with Crippen LogP contribution in [0.4, 0.5) is 0 Å². The van der Waals surface area contributed by atoms with Crippen molar-refractivity contribution < 1.29 is 9.90 Å². The Balaban J connectivity index is 2.65. The largest absolute Gasteiger partial charge is 0.391 e. The van der Waals surface area contributed by atoms with Crippen LogP contribution in [0.5, 0.6) is 0 Å². The summed E-state index contributed by atoms with van der Waals surface area (Å²) in [6, 6.07) is 0. The van der Waals surface area contributed by atoms with Gasteiger partial charge >= 0.3 is 5.69 Å². The van der Waals surface area contributed by atoms with Crippen molar-refractivity contribution in [1.29, 1.82) is 0 Å². The van der Waals surface area contributed by atoms with Gasteiger partial charge in [0.2, 0.25) is 5.91 Å². The Labute approximate surface area is 112 Å². The van der Waals surface area contributed by atoms with Gasteiger partial charge < -0.3 is 15.4 Å². The van der Waals surface area contributed by atoms with E-state index < -0.39 is 11.8 Å². The third-order valence-corrected chi connectivity index (χ3v) is 3.07. The number of aromatic amines is 1. The van der Waals surface area contributed by atoms with Crippen molar-refractivity contribution in [2.75, 3.05) is 6.54 Å². The zero-order valence-electron chi connectivity index (χ0n) is 11.8. The average molecular weight is 267 g/mol. The van der Waals surface area contributed by atoms with E-state index in [1.165, 1.54) is 0 Å². The van der Waals surface area contributed by atoms with Gasteiger partial charge in [0.25, 0.3) is 0 Å². The van der Waals surface area contributed by atoms with E-state index in [0.717, 1.165) is 5.56 Å². The summed E-state index contributed by atoms with van der Waals surface area (Å²) in [7, 11) is 0. The molecule has 0 aromatic carbocycles. The van der Waals surface area contributed by atoms with Crippen LogP contribution in [0.15, 0.2) is 4.79 Å². The van der Waals surface area contributed by atoms with Gasteiger partial charge in [-0.2, -0.15) is 4.98 Å². The van der Waals surface area contributed by atoms with Crippen LogP contribution < -0.4 is 11.0 Å². The second kappa shape index (κ2) is 6.47. The van der Waals surface area contributed by atoms with Crippen LogP contribution in [0, 0.1) is 19.8 Å². The lowest BCUT2D eigenvalue weighted by molar-refractivity contribution is -0.121. The fourth-order valence-corrected chi connectivity index (χ4v) is 1.69. The maximum absolute atomic E-state index is 11.8. The Hall–Kier alpha value is -1.69. The van der Waals surface area contributed by atoms with Crippen molar-refractivity contribution in [2.24, 2.45) is 5.92 Å². The van der Waals surface area contributed by atoms with Crippen molar-refractivity contribution >= 4 is 5.91 Å². The van der Waals surface area contributed by atoms with Gasteiger partial charge in [-0.25, -0.2) is 4.79 Å². The van der Waals surface area contributed by atoms with Crippen LogP contribution in [0.1, 0.15) is 30.8 Å². The van der Waals surface area contributed by atoms with Crippen molar-refractivity contribution in [3.63, 3.8) is 0 Å². The van der Waals surface area contributed by atoms with E-state index in [1.54, 1.807) is 13.8 Å². The highest BCUT2D eigenvalue weighted by Crippen LogP contribution is 2.07. The molecule has 0 saturated carbocycles. The van der Waals surface area contributed by atoms with Gasteiger partial charge in [-0.3, -0.25) is 4.79 Å². The summed E-state index contributed by atoms with van der Waals surface area (Å²) in [6.07, 6.45) is -0.411. The molecule has 106 valence electrons. The number of hydrogen-bond donors (Lipinski definition) is 3. The zero-order chi connectivity index (χ0) is 14.6. The van der Waals surface area contributed by atoms with E-state index >= 15 is 0 Å². The van der Waals surface area contributed by atoms with Crippen LogP contribution >= 0.6 is 0 Å². The molecule has 0 aliphatic carbocycles. The Bertz CT molecular complexity index is 482. The lowest BCUT2D eigenvalue weighted by Crippen LogP contribution is -2.36. The number of carbonyl (C=O) groups is 1. The SMILES string of the molecule is Cc1nc(=O)[nH]c(C)c1CC(=O)NCC(O)C(C)C. The number of aliphatic hydroxyl groups is 1. The molecule has 1 aromatic heterocycles. The molecule has 1 amide bonds. The highest BCUT2D eigenvalue weighted by atomic mass is 16.3. The molecule has 6 nitrogen and oxygen atoms in total. The molecule has 1 unspecified atom stereocenters. The van der Waals surface area contributed by atoms with Crippen LogP contribution in [0.25, 0.3) is 0 Å². The molecule has 0 bridgehead atoms. The first kappa shape index (κ1) is 15.4. The Morgan fingerprint density at radius 1 is 1.42 bits per heavy atom. The third-order valence-electron chi connectivity index (χ3n) is 3.07. The summed E-state index contributed by atoms with van der Waals surface area (Å²) in [5.74, 6) is -0.0988. The average Bonchev–Trinajstić information content (AvgIpc) is 2.30. The van der Waals surface area contributed by atoms with Gasteiger partial charge in [0.05, 0.1) is 12.5 Å². The highest BCUT2D eigenvalue weighted by molar-refractivity contribution is 5.79. The van der Waals surface area contributed by atoms with Gasteiger partial charge in [-0.1, -0.05) is 13.8 Å². The van der Waals surface area contributed by atoms with E-state index in [4.69, 9.17) is 0 Å². The van der Waals surface area contributed by atoms with Crippen molar-refractivity contribution in [1.82, 2.24) is 15.3 Å². The van der Waals surface area contributed by atoms with Gasteiger partial charge in [0.1, 0.15) is 0 Å². The number of rotatable bonds is 5. The third kappa shape index (κ3) is 4.48. The molecule has 0 fully saturated rings. The molecule has 1 rings (SSSR count). The quantitative estimate of drug-likeness (QED) is 0.703. The second-order valence-corrected chi connectivity index (χ2v) is 5.02. The summed E-state index contributed by atoms with van der Waals surface area (Å²) in [5, 5.41) is 12.3. The molecule has 1 heterocycles. The summed E-state index contributed by atoms with van der Waals surface area (Å²) >= 11 is 0. The summed E-state index contributed by atoms with van der Waals surface area (Å²) in [4.78, 5) is 29.3. The molecule has 0 aliphatic heterocycles. The number of nitrogens with one attached hydrogen (secondary N) is 2. The lowest BCUT2D eigenvalue weighted by Gasteiger charge is -2.15. The molecule has 0 saturated heterocycles. The molecule has 0 radical (unpaired) electrons. The van der Waals surface area contributed by atoms with Gasteiger partial charge in [0.15, 0.2) is 0 Å². The minimum atomic E-state index is -0.556. The fourth-order valence-electron chi connectivity index (χ4n) is 1.69. The van der Waals surface area contributed by atoms with Crippen LogP contribution in [-0.4, -0.2) is 33.6 Å². The van der Waals surface area contributed by atoms with Crippen LogP contribution in [0.2, 0.25) is 0 Å². The number of amides is 1. The molecule has 19 heavy (non-hydrogen) atoms. The predicted octanol–water partition coefficient (Wildman–Crippen LogP) is 0.0623. The van der Waals surface area contributed by atoms with Crippen molar-refractivity contribution in [3.8, 4) is 0 Å². The maximum atomic E-state index is 11.8. The predicted molar refractivity (Wildman–Crippen MR) is 71.9 cm³/mol. The van der Waals surface area contributed by atoms with Gasteiger partial charge in [0, 0.05) is 23.5 Å². The van der Waals surface area contributed by atoms with E-state index in [2.05, 4.69) is 15.3 Å². The fraction of sp³-hybridized carbons (Fsp3) is 0.615. The van der Waals surface area contributed by atoms with E-state index in [1.807, 2.05) is 13.8 Å². The normalized spacial score (nSPS) is 12.5. The lowest BCUT2D eigenvalue weighted by atomic mass is 10.1. The number of nitrogens with zero attached hydrogens (tertiary/aromatic N) is 1. The molecule has 0 aliphatic rings. The minimum Gasteiger partial charge on any atom is -0.391 e. The number of hydrogen-bond acceptors (Lipinski definition) is 4.